The van der Waals surface area contributed by atoms with Crippen molar-refractivity contribution in [2.24, 2.45) is 0 Å². The van der Waals surface area contributed by atoms with E-state index in [1.165, 1.54) is 6.33 Å². The number of nitrogens with one attached hydrogen (secondary N) is 1. The van der Waals surface area contributed by atoms with E-state index in [2.05, 4.69) is 20.2 Å². The third kappa shape index (κ3) is 5.76. The molecule has 1 saturated heterocycles. The van der Waals surface area contributed by atoms with Crippen LogP contribution in [0, 0.1) is 0 Å². The summed E-state index contributed by atoms with van der Waals surface area (Å²) in [7, 11) is 0. The molecule has 2 aromatic carbocycles. The highest BCUT2D eigenvalue weighted by Gasteiger charge is 2.17. The van der Waals surface area contributed by atoms with E-state index in [0.717, 1.165) is 56.9 Å². The Morgan fingerprint density at radius 2 is 1.43 bits per heavy atom. The molecule has 0 bridgehead atoms. The number of aromatic nitrogens is 4. The quantitative estimate of drug-likeness (QED) is 0.330. The molecule has 35 heavy (non-hydrogen) atoms. The lowest BCUT2D eigenvalue weighted by Crippen LogP contribution is -2.37. The number of fused-ring (bicyclic) bond motifs is 1. The molecule has 4 aromatic rings. The fraction of sp³-hybridized carbons (Fsp3) is 0.280. The second kappa shape index (κ2) is 11.3. The van der Waals surface area contributed by atoms with Crippen molar-refractivity contribution in [2.75, 3.05) is 44.7 Å². The number of anilines is 1. The molecular formula is C25H27ClN6O3. The number of nitrogens with zero attached hydrogens (tertiary/aromatic N) is 5. The van der Waals surface area contributed by atoms with E-state index >= 15 is 0 Å². The highest BCUT2D eigenvalue weighted by Crippen LogP contribution is 2.33. The molecule has 0 unspecified atom stereocenters. The fourth-order valence-corrected chi connectivity index (χ4v) is 3.98. The van der Waals surface area contributed by atoms with Gasteiger partial charge in [-0.3, -0.25) is 4.90 Å². The first-order chi connectivity index (χ1) is 16.7. The van der Waals surface area contributed by atoms with Crippen molar-refractivity contribution >= 4 is 29.4 Å². The van der Waals surface area contributed by atoms with E-state index in [4.69, 9.17) is 14.7 Å². The van der Waals surface area contributed by atoms with Gasteiger partial charge in [-0.15, -0.1) is 12.4 Å². The normalized spacial score (nSPS) is 13.9. The number of phenolic OH excluding ortho intramolecular Hbond substituents is 2. The lowest BCUT2D eigenvalue weighted by molar-refractivity contribution is 0.0378. The van der Waals surface area contributed by atoms with E-state index in [-0.39, 0.29) is 23.9 Å². The predicted molar refractivity (Wildman–Crippen MR) is 137 cm³/mol. The molecule has 0 spiro atoms. The lowest BCUT2D eigenvalue weighted by atomic mass is 10.0. The highest BCUT2D eigenvalue weighted by molar-refractivity contribution is 5.89. The smallest absolute Gasteiger partial charge is 0.184 e. The Kier molecular flexibility index (Phi) is 7.91. The first-order valence-electron chi connectivity index (χ1n) is 11.3. The number of aromatic hydroxyl groups is 2. The first-order valence-corrected chi connectivity index (χ1v) is 11.3. The van der Waals surface area contributed by atoms with Gasteiger partial charge in [0.2, 0.25) is 0 Å². The molecule has 3 N–H and O–H groups in total. The van der Waals surface area contributed by atoms with Crippen LogP contribution in [0.2, 0.25) is 0 Å². The van der Waals surface area contributed by atoms with Gasteiger partial charge < -0.3 is 20.3 Å². The molecule has 0 atom stereocenters. The lowest BCUT2D eigenvalue weighted by Gasteiger charge is -2.26. The summed E-state index contributed by atoms with van der Waals surface area (Å²) in [5.74, 6) is 0.987. The number of rotatable bonds is 7. The van der Waals surface area contributed by atoms with Gasteiger partial charge in [0.1, 0.15) is 17.8 Å². The summed E-state index contributed by atoms with van der Waals surface area (Å²) in [5.41, 5.74) is 3.95. The van der Waals surface area contributed by atoms with Crippen LogP contribution in [-0.2, 0) is 4.74 Å². The maximum absolute atomic E-state index is 9.75. The van der Waals surface area contributed by atoms with Gasteiger partial charge in [0, 0.05) is 30.8 Å². The third-order valence-electron chi connectivity index (χ3n) is 5.80. The van der Waals surface area contributed by atoms with E-state index in [9.17, 15) is 10.2 Å². The van der Waals surface area contributed by atoms with E-state index in [1.807, 2.05) is 0 Å². The zero-order chi connectivity index (χ0) is 23.3. The molecule has 10 heteroatoms. The van der Waals surface area contributed by atoms with Gasteiger partial charge in [-0.1, -0.05) is 0 Å². The van der Waals surface area contributed by atoms with Crippen molar-refractivity contribution in [3.05, 3.63) is 54.9 Å². The minimum Gasteiger partial charge on any atom is -0.508 e. The monoisotopic (exact) mass is 494 g/mol. The number of benzene rings is 2. The third-order valence-corrected chi connectivity index (χ3v) is 5.80. The molecule has 182 valence electrons. The summed E-state index contributed by atoms with van der Waals surface area (Å²) in [5, 5.41) is 22.9. The summed E-state index contributed by atoms with van der Waals surface area (Å²) < 4.78 is 5.41. The second-order valence-corrected chi connectivity index (χ2v) is 8.14. The van der Waals surface area contributed by atoms with Crippen LogP contribution in [0.5, 0.6) is 11.5 Å². The van der Waals surface area contributed by atoms with E-state index < -0.39 is 0 Å². The Bertz CT molecular complexity index is 1260. The average molecular weight is 495 g/mol. The molecule has 1 fully saturated rings. The summed E-state index contributed by atoms with van der Waals surface area (Å²) in [6.45, 7) is 5.27. The van der Waals surface area contributed by atoms with Gasteiger partial charge >= 0.3 is 0 Å². The van der Waals surface area contributed by atoms with Gasteiger partial charge in [-0.05, 0) is 61.5 Å². The Morgan fingerprint density at radius 1 is 0.829 bits per heavy atom. The van der Waals surface area contributed by atoms with Crippen LogP contribution < -0.4 is 5.32 Å². The molecular weight excluding hydrogens is 468 g/mol. The molecule has 3 heterocycles. The Morgan fingerprint density at radius 3 is 2.06 bits per heavy atom. The predicted octanol–water partition coefficient (Wildman–Crippen LogP) is 3.72. The largest absolute Gasteiger partial charge is 0.508 e. The Labute approximate surface area is 209 Å². The van der Waals surface area contributed by atoms with Gasteiger partial charge in [-0.25, -0.2) is 19.9 Å². The zero-order valence-corrected chi connectivity index (χ0v) is 19.9. The van der Waals surface area contributed by atoms with Crippen molar-refractivity contribution in [2.45, 2.75) is 6.42 Å². The molecule has 0 radical (unpaired) electrons. The number of hydrogen-bond acceptors (Lipinski definition) is 9. The molecule has 2 aromatic heterocycles. The second-order valence-electron chi connectivity index (χ2n) is 8.14. The van der Waals surface area contributed by atoms with Gasteiger partial charge in [0.05, 0.1) is 24.6 Å². The van der Waals surface area contributed by atoms with Crippen molar-refractivity contribution in [3.63, 3.8) is 0 Å². The SMILES string of the molecule is Cl.Oc1ccc(-c2nc3ncnc(NCCCN4CCOCC4)c3nc2-c2ccc(O)cc2)cc1. The fourth-order valence-electron chi connectivity index (χ4n) is 3.98. The molecule has 1 aliphatic heterocycles. The van der Waals surface area contributed by atoms with Crippen molar-refractivity contribution in [1.82, 2.24) is 24.8 Å². The van der Waals surface area contributed by atoms with Crippen LogP contribution in [0.4, 0.5) is 5.82 Å². The maximum Gasteiger partial charge on any atom is 0.184 e. The zero-order valence-electron chi connectivity index (χ0n) is 19.1. The van der Waals surface area contributed by atoms with Crippen LogP contribution in [0.1, 0.15) is 6.42 Å². The Hall–Kier alpha value is -3.53. The van der Waals surface area contributed by atoms with Gasteiger partial charge in [-0.2, -0.15) is 0 Å². The average Bonchev–Trinajstić information content (AvgIpc) is 2.87. The summed E-state index contributed by atoms with van der Waals surface area (Å²) in [6, 6.07) is 13.7. The topological polar surface area (TPSA) is 117 Å². The Balaban J connectivity index is 0.00000289. The summed E-state index contributed by atoms with van der Waals surface area (Å²) in [6.07, 6.45) is 2.46. The van der Waals surface area contributed by atoms with Gasteiger partial charge in [0.15, 0.2) is 17.0 Å². The number of hydrogen-bond donors (Lipinski definition) is 3. The number of morpholine rings is 1. The van der Waals surface area contributed by atoms with Crippen LogP contribution in [0.3, 0.4) is 0 Å². The van der Waals surface area contributed by atoms with E-state index in [1.54, 1.807) is 48.5 Å². The molecule has 0 aliphatic carbocycles. The van der Waals surface area contributed by atoms with Gasteiger partial charge in [0.25, 0.3) is 0 Å². The highest BCUT2D eigenvalue weighted by atomic mass is 35.5. The minimum absolute atomic E-state index is 0. The van der Waals surface area contributed by atoms with Crippen LogP contribution >= 0.6 is 12.4 Å². The standard InChI is InChI=1S/C25H26N6O3.ClH/c32-19-6-2-17(3-7-19)21-22(18-4-8-20(33)9-5-18)30-25-23(29-21)24(27-16-28-25)26-10-1-11-31-12-14-34-15-13-31;/h2-9,16,32-33H,1,10-15H2,(H,26,27,28,30);1H. The van der Waals surface area contributed by atoms with Crippen molar-refractivity contribution in [1.29, 1.82) is 0 Å². The van der Waals surface area contributed by atoms with Crippen molar-refractivity contribution in [3.8, 4) is 34.0 Å². The minimum atomic E-state index is 0. The maximum atomic E-state index is 9.75. The number of halogens is 1. The molecule has 1 aliphatic rings. The number of ether oxygens (including phenoxy) is 1. The van der Waals surface area contributed by atoms with Crippen LogP contribution in [0.25, 0.3) is 33.7 Å². The van der Waals surface area contributed by atoms with Crippen LogP contribution in [0.15, 0.2) is 54.9 Å². The van der Waals surface area contributed by atoms with E-state index in [0.29, 0.717) is 28.4 Å². The summed E-state index contributed by atoms with van der Waals surface area (Å²) in [4.78, 5) is 20.9. The van der Waals surface area contributed by atoms with Crippen LogP contribution in [-0.4, -0.2) is 74.4 Å². The molecule has 0 amide bonds. The molecule has 0 saturated carbocycles. The first kappa shape index (κ1) is 24.6. The molecule has 9 nitrogen and oxygen atoms in total. The van der Waals surface area contributed by atoms with Crippen molar-refractivity contribution < 1.29 is 14.9 Å². The summed E-state index contributed by atoms with van der Waals surface area (Å²) >= 11 is 0. The molecule has 5 rings (SSSR count). The number of phenols is 2.